The van der Waals surface area contributed by atoms with E-state index in [1.54, 1.807) is 14.4 Å². The topological polar surface area (TPSA) is 121 Å². The Labute approximate surface area is 283 Å². The molecule has 4 heterocycles. The van der Waals surface area contributed by atoms with E-state index in [1.807, 2.05) is 75.7 Å². The van der Waals surface area contributed by atoms with E-state index in [0.29, 0.717) is 22.5 Å². The fourth-order valence-corrected chi connectivity index (χ4v) is 6.87. The van der Waals surface area contributed by atoms with Crippen LogP contribution in [0.5, 0.6) is 0 Å². The average Bonchev–Trinajstić information content (AvgIpc) is 3.92. The number of benzene rings is 6. The van der Waals surface area contributed by atoms with Crippen molar-refractivity contribution in [1.29, 1.82) is 0 Å². The standard InChI is InChI=1S/C38H27N11O/c1-46-40-28-12-8-13-29(35(28)43-46)49(31-20-18-26(34-37(31)45-48(3)42-34)38-39-27-11-6-7-14-32(27)50-38)30-19-17-25(33-36(30)44-47(2)41-33)24-16-15-22-9-4-5-10-23(22)21-24/h4-21H,1-3H3. The Hall–Kier alpha value is -6.95. The largest absolute Gasteiger partial charge is 0.436 e. The lowest BCUT2D eigenvalue weighted by Gasteiger charge is -2.26. The zero-order chi connectivity index (χ0) is 33.5. The summed E-state index contributed by atoms with van der Waals surface area (Å²) in [5.41, 5.74) is 10.9. The predicted molar refractivity (Wildman–Crippen MR) is 193 cm³/mol. The molecule has 240 valence electrons. The summed E-state index contributed by atoms with van der Waals surface area (Å²) in [6, 6.07) is 36.7. The highest BCUT2D eigenvalue weighted by Crippen LogP contribution is 2.45. The van der Waals surface area contributed by atoms with Crippen molar-refractivity contribution in [2.75, 3.05) is 4.90 Å². The number of nitrogens with zero attached hydrogens (tertiary/aromatic N) is 11. The van der Waals surface area contributed by atoms with Crippen LogP contribution in [0.1, 0.15) is 0 Å². The second-order valence-electron chi connectivity index (χ2n) is 12.3. The number of anilines is 3. The summed E-state index contributed by atoms with van der Waals surface area (Å²) < 4.78 is 6.20. The molecule has 0 radical (unpaired) electrons. The Morgan fingerprint density at radius 1 is 0.480 bits per heavy atom. The van der Waals surface area contributed by atoms with E-state index in [4.69, 9.17) is 34.9 Å². The lowest BCUT2D eigenvalue weighted by atomic mass is 9.99. The van der Waals surface area contributed by atoms with Crippen molar-refractivity contribution in [3.63, 3.8) is 0 Å². The second kappa shape index (κ2) is 10.5. The molecule has 0 saturated carbocycles. The summed E-state index contributed by atoms with van der Waals surface area (Å²) in [5.74, 6) is 0.474. The Balaban J connectivity index is 1.24. The quantitative estimate of drug-likeness (QED) is 0.185. The highest BCUT2D eigenvalue weighted by Gasteiger charge is 2.27. The third-order valence-corrected chi connectivity index (χ3v) is 9.04. The van der Waals surface area contributed by atoms with Crippen molar-refractivity contribution in [1.82, 2.24) is 50.0 Å². The molecular weight excluding hydrogens is 626 g/mol. The van der Waals surface area contributed by atoms with Crippen LogP contribution < -0.4 is 4.90 Å². The molecule has 50 heavy (non-hydrogen) atoms. The highest BCUT2D eigenvalue weighted by molar-refractivity contribution is 6.09. The first-order valence-corrected chi connectivity index (χ1v) is 16.1. The van der Waals surface area contributed by atoms with Crippen molar-refractivity contribution < 1.29 is 4.42 Å². The van der Waals surface area contributed by atoms with Crippen molar-refractivity contribution in [3.05, 3.63) is 109 Å². The lowest BCUT2D eigenvalue weighted by Crippen LogP contribution is -2.12. The fraction of sp³-hybridized carbons (Fsp3) is 0.0789. The number of hydrogen-bond acceptors (Lipinski definition) is 9. The summed E-state index contributed by atoms with van der Waals surface area (Å²) in [4.78, 5) is 11.7. The van der Waals surface area contributed by atoms with Gasteiger partial charge < -0.3 is 9.32 Å². The molecule has 12 nitrogen and oxygen atoms in total. The maximum Gasteiger partial charge on any atom is 0.229 e. The molecule has 6 aromatic carbocycles. The van der Waals surface area contributed by atoms with Crippen LogP contribution in [-0.2, 0) is 21.1 Å². The van der Waals surface area contributed by atoms with Crippen LogP contribution in [0.25, 0.3) is 77.6 Å². The van der Waals surface area contributed by atoms with Gasteiger partial charge in [-0.15, -0.1) is 0 Å². The van der Waals surface area contributed by atoms with Gasteiger partial charge in [0.15, 0.2) is 5.58 Å². The second-order valence-corrected chi connectivity index (χ2v) is 12.3. The van der Waals surface area contributed by atoms with Gasteiger partial charge in [-0.1, -0.05) is 54.6 Å². The number of aryl methyl sites for hydroxylation is 3. The summed E-state index contributed by atoms with van der Waals surface area (Å²) in [7, 11) is 5.48. The molecule has 0 N–H and O–H groups in total. The van der Waals surface area contributed by atoms with Crippen LogP contribution in [-0.4, -0.2) is 50.0 Å². The van der Waals surface area contributed by atoms with Gasteiger partial charge in [0.2, 0.25) is 5.89 Å². The molecule has 0 atom stereocenters. The normalized spacial score (nSPS) is 11.9. The first kappa shape index (κ1) is 28.1. The number of hydrogen-bond donors (Lipinski definition) is 0. The highest BCUT2D eigenvalue weighted by atomic mass is 16.3. The number of oxazole rings is 1. The van der Waals surface area contributed by atoms with Gasteiger partial charge in [-0.25, -0.2) is 4.98 Å². The maximum absolute atomic E-state index is 6.20. The van der Waals surface area contributed by atoms with Crippen molar-refractivity contribution in [2.45, 2.75) is 0 Å². The van der Waals surface area contributed by atoms with Crippen LogP contribution in [0.15, 0.2) is 114 Å². The fourth-order valence-electron chi connectivity index (χ4n) is 6.87. The average molecular weight is 654 g/mol. The third-order valence-electron chi connectivity index (χ3n) is 9.04. The molecule has 10 aromatic rings. The van der Waals surface area contributed by atoms with E-state index in [0.717, 1.165) is 66.7 Å². The van der Waals surface area contributed by atoms with Crippen LogP contribution in [0, 0.1) is 0 Å². The molecule has 0 spiro atoms. The molecule has 4 aromatic heterocycles. The summed E-state index contributed by atoms with van der Waals surface area (Å²) in [6.45, 7) is 0. The maximum atomic E-state index is 6.20. The van der Waals surface area contributed by atoms with Crippen LogP contribution in [0.3, 0.4) is 0 Å². The first-order valence-electron chi connectivity index (χ1n) is 16.1. The Kier molecular flexibility index (Phi) is 5.91. The van der Waals surface area contributed by atoms with Gasteiger partial charge in [-0.2, -0.15) is 45.0 Å². The number of fused-ring (bicyclic) bond motifs is 5. The Morgan fingerprint density at radius 2 is 1.08 bits per heavy atom. The monoisotopic (exact) mass is 653 g/mol. The number of para-hydroxylation sites is 2. The van der Waals surface area contributed by atoms with E-state index in [1.165, 1.54) is 5.39 Å². The van der Waals surface area contributed by atoms with Gasteiger partial charge in [0.1, 0.15) is 38.6 Å². The predicted octanol–water partition coefficient (Wildman–Crippen LogP) is 7.63. The summed E-state index contributed by atoms with van der Waals surface area (Å²) in [5, 5.41) is 31.3. The van der Waals surface area contributed by atoms with Gasteiger partial charge in [0.25, 0.3) is 0 Å². The molecule has 0 aliphatic carbocycles. The molecule has 12 heteroatoms. The molecule has 0 bridgehead atoms. The van der Waals surface area contributed by atoms with E-state index in [-0.39, 0.29) is 0 Å². The molecule has 0 saturated heterocycles. The lowest BCUT2D eigenvalue weighted by molar-refractivity contribution is 0.620. The van der Waals surface area contributed by atoms with Crippen LogP contribution >= 0.6 is 0 Å². The minimum atomic E-state index is 0.474. The molecule has 0 amide bonds. The van der Waals surface area contributed by atoms with Crippen molar-refractivity contribution in [3.8, 4) is 22.6 Å². The molecule has 0 aliphatic heterocycles. The Bertz CT molecular complexity index is 2920. The van der Waals surface area contributed by atoms with Crippen molar-refractivity contribution in [2.24, 2.45) is 21.1 Å². The van der Waals surface area contributed by atoms with E-state index in [9.17, 15) is 0 Å². The zero-order valence-corrected chi connectivity index (χ0v) is 27.2. The van der Waals surface area contributed by atoms with Gasteiger partial charge >= 0.3 is 0 Å². The van der Waals surface area contributed by atoms with Gasteiger partial charge in [0.05, 0.1) is 22.6 Å². The van der Waals surface area contributed by atoms with E-state index >= 15 is 0 Å². The van der Waals surface area contributed by atoms with E-state index < -0.39 is 0 Å². The minimum Gasteiger partial charge on any atom is -0.436 e. The van der Waals surface area contributed by atoms with E-state index in [2.05, 4.69) is 64.6 Å². The summed E-state index contributed by atoms with van der Waals surface area (Å²) >= 11 is 0. The summed E-state index contributed by atoms with van der Waals surface area (Å²) in [6.07, 6.45) is 0. The molecule has 0 fully saturated rings. The van der Waals surface area contributed by atoms with Gasteiger partial charge in [0, 0.05) is 26.7 Å². The number of rotatable bonds is 5. The zero-order valence-electron chi connectivity index (χ0n) is 27.2. The van der Waals surface area contributed by atoms with Gasteiger partial charge in [-0.3, -0.25) is 0 Å². The van der Waals surface area contributed by atoms with Crippen molar-refractivity contribution >= 4 is 72.0 Å². The molecule has 0 aliphatic rings. The smallest absolute Gasteiger partial charge is 0.229 e. The SMILES string of the molecule is Cn1nc2cccc(N(c3ccc(-c4ccc5ccccc5c4)c4nn(C)nc34)c3ccc(-c4nc5ccccc5o4)c4nn(C)nc34)c2n1. The van der Waals surface area contributed by atoms with Crippen LogP contribution in [0.4, 0.5) is 17.1 Å². The van der Waals surface area contributed by atoms with Gasteiger partial charge in [-0.05, 0) is 70.9 Å². The minimum absolute atomic E-state index is 0.474. The first-order chi connectivity index (χ1) is 24.5. The molecule has 0 unspecified atom stereocenters. The Morgan fingerprint density at radius 3 is 1.86 bits per heavy atom. The molecule has 10 rings (SSSR count). The number of aromatic nitrogens is 10. The molecular formula is C38H27N11O. The van der Waals surface area contributed by atoms with Crippen LogP contribution in [0.2, 0.25) is 0 Å². The third kappa shape index (κ3) is 4.28.